The molecule has 0 aromatic heterocycles. The molecule has 56 valence electrons. The van der Waals surface area contributed by atoms with Crippen LogP contribution in [0.25, 0.3) is 0 Å². The van der Waals surface area contributed by atoms with Gasteiger partial charge >= 0.3 is 0 Å². The smallest absolute Gasteiger partial charge is 0.156 e. The van der Waals surface area contributed by atoms with Gasteiger partial charge in [-0.1, -0.05) is 31.4 Å². The molecule has 9 heavy (non-hydrogen) atoms. The summed E-state index contributed by atoms with van der Waals surface area (Å²) in [5.74, 6) is 0. The minimum absolute atomic E-state index is 0.117. The molecule has 0 aliphatic heterocycles. The fourth-order valence-electron chi connectivity index (χ4n) is 0.501. The average Bonchev–Trinajstić information content (AvgIpc) is 1.89. The van der Waals surface area contributed by atoms with E-state index in [0.29, 0.717) is 6.61 Å². The predicted octanol–water partition coefficient (Wildman–Crippen LogP) is 2.32. The van der Waals surface area contributed by atoms with E-state index in [-0.39, 0.29) is 6.07 Å². The lowest BCUT2D eigenvalue weighted by Gasteiger charge is -1.98. The number of unbranched alkanes of at least 4 members (excludes halogenated alkanes) is 2. The summed E-state index contributed by atoms with van der Waals surface area (Å²) in [6.45, 7) is 2.79. The van der Waals surface area contributed by atoms with E-state index >= 15 is 0 Å². The minimum Gasteiger partial charge on any atom is -0.236 e. The van der Waals surface area contributed by atoms with Gasteiger partial charge in [0.1, 0.15) is 0 Å². The van der Waals surface area contributed by atoms with Crippen LogP contribution in [-0.2, 0) is 9.78 Å². The maximum absolute atomic E-state index is 5.17. The monoisotopic (exact) mass is 152 g/mol. The molecular formula is C6H13ClO2. The Hall–Kier alpha value is 0.210. The lowest BCUT2D eigenvalue weighted by molar-refractivity contribution is -0.280. The molecule has 0 spiro atoms. The van der Waals surface area contributed by atoms with Crippen LogP contribution < -0.4 is 0 Å². The van der Waals surface area contributed by atoms with Crippen molar-refractivity contribution >= 4 is 11.6 Å². The molecule has 0 atom stereocenters. The summed E-state index contributed by atoms with van der Waals surface area (Å²) in [5.41, 5.74) is 0. The zero-order valence-electron chi connectivity index (χ0n) is 5.73. The van der Waals surface area contributed by atoms with Gasteiger partial charge in [-0.2, -0.15) is 0 Å². The highest BCUT2D eigenvalue weighted by atomic mass is 35.5. The summed E-state index contributed by atoms with van der Waals surface area (Å²) in [6.07, 6.45) is 3.43. The first-order chi connectivity index (χ1) is 4.41. The second-order valence-electron chi connectivity index (χ2n) is 1.76. The molecule has 0 amide bonds. The van der Waals surface area contributed by atoms with Crippen LogP contribution in [0.1, 0.15) is 26.2 Å². The van der Waals surface area contributed by atoms with Crippen molar-refractivity contribution in [3.8, 4) is 0 Å². The van der Waals surface area contributed by atoms with Crippen LogP contribution in [0.3, 0.4) is 0 Å². The highest BCUT2D eigenvalue weighted by molar-refractivity contribution is 6.17. The Balaban J connectivity index is 2.60. The predicted molar refractivity (Wildman–Crippen MR) is 37.3 cm³/mol. The van der Waals surface area contributed by atoms with Crippen LogP contribution in [0.4, 0.5) is 0 Å². The quantitative estimate of drug-likeness (QED) is 0.252. The molecule has 0 aliphatic carbocycles. The molecule has 0 N–H and O–H groups in total. The van der Waals surface area contributed by atoms with Crippen molar-refractivity contribution in [1.29, 1.82) is 0 Å². The lowest BCUT2D eigenvalue weighted by atomic mass is 10.3. The standard InChI is InChI=1S/C6H13ClO2/c1-2-3-4-5-8-9-6-7/h2-6H2,1H3. The van der Waals surface area contributed by atoms with Crippen LogP contribution in [0.15, 0.2) is 0 Å². The number of hydrogen-bond acceptors (Lipinski definition) is 2. The second kappa shape index (κ2) is 8.21. The van der Waals surface area contributed by atoms with Crippen LogP contribution in [0.2, 0.25) is 0 Å². The maximum Gasteiger partial charge on any atom is 0.156 e. The molecular weight excluding hydrogens is 140 g/mol. The van der Waals surface area contributed by atoms with Crippen molar-refractivity contribution in [2.75, 3.05) is 12.7 Å². The molecule has 0 saturated carbocycles. The van der Waals surface area contributed by atoms with Gasteiger partial charge in [-0.15, -0.1) is 0 Å². The van der Waals surface area contributed by atoms with E-state index in [1.165, 1.54) is 12.8 Å². The van der Waals surface area contributed by atoms with Crippen molar-refractivity contribution in [3.05, 3.63) is 0 Å². The third-order valence-corrected chi connectivity index (χ3v) is 1.05. The Morgan fingerprint density at radius 3 is 2.56 bits per heavy atom. The SMILES string of the molecule is CCCCCOOCCl. The third-order valence-electron chi connectivity index (χ3n) is 0.959. The van der Waals surface area contributed by atoms with Gasteiger partial charge in [-0.05, 0) is 6.42 Å². The largest absolute Gasteiger partial charge is 0.236 e. The fraction of sp³-hybridized carbons (Fsp3) is 1.00. The van der Waals surface area contributed by atoms with Crippen molar-refractivity contribution < 1.29 is 9.78 Å². The molecule has 3 heteroatoms. The highest BCUT2D eigenvalue weighted by Crippen LogP contribution is 1.94. The first-order valence-electron chi connectivity index (χ1n) is 3.22. The Morgan fingerprint density at radius 2 is 2.00 bits per heavy atom. The van der Waals surface area contributed by atoms with Crippen molar-refractivity contribution in [3.63, 3.8) is 0 Å². The molecule has 0 unspecified atom stereocenters. The number of hydrogen-bond donors (Lipinski definition) is 0. The summed E-state index contributed by atoms with van der Waals surface area (Å²) in [4.78, 5) is 9.10. The number of rotatable bonds is 6. The van der Waals surface area contributed by atoms with Crippen LogP contribution >= 0.6 is 11.6 Å². The maximum atomic E-state index is 5.17. The Bertz CT molecular complexity index is 44.3. The first kappa shape index (κ1) is 9.21. The topological polar surface area (TPSA) is 18.5 Å². The molecule has 0 rings (SSSR count). The molecule has 2 nitrogen and oxygen atoms in total. The van der Waals surface area contributed by atoms with Gasteiger partial charge in [0.2, 0.25) is 0 Å². The third kappa shape index (κ3) is 8.21. The van der Waals surface area contributed by atoms with E-state index in [2.05, 4.69) is 16.7 Å². The van der Waals surface area contributed by atoms with Crippen LogP contribution in [0, 0.1) is 0 Å². The second-order valence-corrected chi connectivity index (χ2v) is 1.97. The van der Waals surface area contributed by atoms with E-state index in [9.17, 15) is 0 Å². The summed E-state index contributed by atoms with van der Waals surface area (Å²) < 4.78 is 0. The van der Waals surface area contributed by atoms with Gasteiger partial charge in [-0.3, -0.25) is 0 Å². The Morgan fingerprint density at radius 1 is 1.22 bits per heavy atom. The minimum atomic E-state index is 0.117. The summed E-state index contributed by atoms with van der Waals surface area (Å²) >= 11 is 5.17. The number of alkyl halides is 1. The molecule has 0 aromatic rings. The van der Waals surface area contributed by atoms with E-state index in [4.69, 9.17) is 11.6 Å². The highest BCUT2D eigenvalue weighted by Gasteiger charge is 1.85. The first-order valence-corrected chi connectivity index (χ1v) is 3.75. The molecule has 0 bridgehead atoms. The molecule has 0 aliphatic rings. The fourth-order valence-corrected chi connectivity index (χ4v) is 0.564. The Kier molecular flexibility index (Phi) is 8.40. The number of halogens is 1. The zero-order valence-corrected chi connectivity index (χ0v) is 6.49. The van der Waals surface area contributed by atoms with E-state index in [1.807, 2.05) is 0 Å². The van der Waals surface area contributed by atoms with Gasteiger partial charge in [0.25, 0.3) is 0 Å². The molecule has 0 radical (unpaired) electrons. The van der Waals surface area contributed by atoms with E-state index in [1.54, 1.807) is 0 Å². The van der Waals surface area contributed by atoms with Crippen molar-refractivity contribution in [1.82, 2.24) is 0 Å². The van der Waals surface area contributed by atoms with Gasteiger partial charge in [0, 0.05) is 0 Å². The van der Waals surface area contributed by atoms with E-state index in [0.717, 1.165) is 6.42 Å². The van der Waals surface area contributed by atoms with E-state index < -0.39 is 0 Å². The lowest BCUT2D eigenvalue weighted by Crippen LogP contribution is -1.94. The molecule has 0 aromatic carbocycles. The van der Waals surface area contributed by atoms with Crippen molar-refractivity contribution in [2.24, 2.45) is 0 Å². The Labute approximate surface area is 61.0 Å². The molecule has 0 heterocycles. The van der Waals surface area contributed by atoms with Gasteiger partial charge < -0.3 is 0 Å². The van der Waals surface area contributed by atoms with Gasteiger partial charge in [0.05, 0.1) is 6.61 Å². The molecule has 0 saturated heterocycles. The van der Waals surface area contributed by atoms with Gasteiger partial charge in [0.15, 0.2) is 6.07 Å². The van der Waals surface area contributed by atoms with Crippen LogP contribution in [0.5, 0.6) is 0 Å². The normalized spacial score (nSPS) is 10.0. The van der Waals surface area contributed by atoms with Crippen LogP contribution in [-0.4, -0.2) is 12.7 Å². The zero-order chi connectivity index (χ0) is 6.95. The molecule has 0 fully saturated rings. The van der Waals surface area contributed by atoms with Gasteiger partial charge in [-0.25, -0.2) is 9.78 Å². The summed E-state index contributed by atoms with van der Waals surface area (Å²) in [5, 5.41) is 0. The summed E-state index contributed by atoms with van der Waals surface area (Å²) in [7, 11) is 0. The summed E-state index contributed by atoms with van der Waals surface area (Å²) in [6, 6.07) is 0.117. The average molecular weight is 153 g/mol. The van der Waals surface area contributed by atoms with Crippen molar-refractivity contribution in [2.45, 2.75) is 26.2 Å².